The maximum Gasteiger partial charge on any atom is 0.312 e. The lowest BCUT2D eigenvalue weighted by atomic mass is 9.70. The Morgan fingerprint density at radius 2 is 2.08 bits per heavy atom. The van der Waals surface area contributed by atoms with E-state index in [-0.39, 0.29) is 42.3 Å². The minimum absolute atomic E-state index is 0.0824. The quantitative estimate of drug-likeness (QED) is 0.254. The zero-order valence-electron chi connectivity index (χ0n) is 22.9. The Morgan fingerprint density at radius 3 is 2.68 bits per heavy atom. The lowest BCUT2D eigenvalue weighted by molar-refractivity contribution is -0.155. The molecule has 208 valence electrons. The molecule has 1 aromatic rings. The van der Waals surface area contributed by atoms with Crippen LogP contribution >= 0.6 is 15.9 Å². The summed E-state index contributed by atoms with van der Waals surface area (Å²) in [6.45, 7) is 13.6. The molecule has 3 fully saturated rings. The third-order valence-electron chi connectivity index (χ3n) is 8.60. The number of anilines is 1. The molecule has 4 rings (SSSR count). The van der Waals surface area contributed by atoms with Gasteiger partial charge in [-0.05, 0) is 50.3 Å². The minimum Gasteiger partial charge on any atom is -0.466 e. The molecular weight excluding hydrogens is 552 g/mol. The van der Waals surface area contributed by atoms with Crippen molar-refractivity contribution in [3.63, 3.8) is 0 Å². The van der Waals surface area contributed by atoms with Crippen LogP contribution in [0.15, 0.2) is 30.9 Å². The normalized spacial score (nSPS) is 31.2. The summed E-state index contributed by atoms with van der Waals surface area (Å²) in [5, 5.41) is 10.5. The topological polar surface area (TPSA) is 96.4 Å². The fraction of sp³-hybridized carbons (Fsp3) is 0.621. The van der Waals surface area contributed by atoms with Crippen molar-refractivity contribution >= 4 is 39.4 Å². The van der Waals surface area contributed by atoms with E-state index in [1.54, 1.807) is 17.9 Å². The summed E-state index contributed by atoms with van der Waals surface area (Å²) in [5.41, 5.74) is 1.42. The van der Waals surface area contributed by atoms with Gasteiger partial charge in [0.2, 0.25) is 5.91 Å². The van der Waals surface area contributed by atoms with Crippen molar-refractivity contribution in [2.75, 3.05) is 24.7 Å². The number of hydrogen-bond donors (Lipinski definition) is 1. The van der Waals surface area contributed by atoms with Crippen LogP contribution in [0.4, 0.5) is 5.69 Å². The molecule has 8 atom stereocenters. The van der Waals surface area contributed by atoms with Gasteiger partial charge in [0.25, 0.3) is 5.91 Å². The Kier molecular flexibility index (Phi) is 8.40. The molecule has 3 saturated heterocycles. The average molecular weight is 592 g/mol. The molecule has 3 aliphatic heterocycles. The SMILES string of the molecule is C=CCN(C(=O)C1N([C@@H](CO)[C@@H](C)CC)C(=O)[C@@H]2[C@H](C(=O)OCC)[C@H]3OC12CC3Br)c1cc(C)ccc1C. The number of hydrogen-bond acceptors (Lipinski definition) is 6. The number of ether oxygens (including phenoxy) is 2. The zero-order chi connectivity index (χ0) is 27.9. The average Bonchev–Trinajstić information content (AvgIpc) is 3.48. The van der Waals surface area contributed by atoms with Gasteiger partial charge in [-0.3, -0.25) is 14.4 Å². The maximum atomic E-state index is 14.7. The van der Waals surface area contributed by atoms with E-state index in [2.05, 4.69) is 22.5 Å². The number of aryl methyl sites for hydroxylation is 2. The van der Waals surface area contributed by atoms with Gasteiger partial charge in [-0.15, -0.1) is 6.58 Å². The number of likely N-dealkylation sites (tertiary alicyclic amines) is 1. The third-order valence-corrected chi connectivity index (χ3v) is 9.44. The van der Waals surface area contributed by atoms with Crippen LogP contribution in [-0.2, 0) is 23.9 Å². The minimum atomic E-state index is -1.22. The van der Waals surface area contributed by atoms with Crippen LogP contribution in [0.3, 0.4) is 0 Å². The highest BCUT2D eigenvalue weighted by Crippen LogP contribution is 2.61. The number of amides is 2. The summed E-state index contributed by atoms with van der Waals surface area (Å²) in [5.74, 6) is -2.90. The molecular formula is C29H39BrN2O6. The highest BCUT2D eigenvalue weighted by molar-refractivity contribution is 9.09. The lowest BCUT2D eigenvalue weighted by Gasteiger charge is -2.41. The van der Waals surface area contributed by atoms with Crippen molar-refractivity contribution in [2.45, 2.75) is 76.1 Å². The highest BCUT2D eigenvalue weighted by Gasteiger charge is 2.77. The zero-order valence-corrected chi connectivity index (χ0v) is 24.4. The maximum absolute atomic E-state index is 14.7. The highest BCUT2D eigenvalue weighted by atomic mass is 79.9. The van der Waals surface area contributed by atoms with Crippen LogP contribution in [0, 0.1) is 31.6 Å². The fourth-order valence-corrected chi connectivity index (χ4v) is 7.56. The first-order chi connectivity index (χ1) is 18.1. The first-order valence-corrected chi connectivity index (χ1v) is 14.4. The molecule has 0 aromatic heterocycles. The van der Waals surface area contributed by atoms with Gasteiger partial charge in [0, 0.05) is 17.1 Å². The third kappa shape index (κ3) is 4.40. The van der Waals surface area contributed by atoms with Crippen LogP contribution in [-0.4, -0.2) is 76.2 Å². The van der Waals surface area contributed by atoms with E-state index in [1.807, 2.05) is 45.9 Å². The van der Waals surface area contributed by atoms with E-state index in [4.69, 9.17) is 9.47 Å². The molecule has 1 spiro atoms. The van der Waals surface area contributed by atoms with Gasteiger partial charge in [0.1, 0.15) is 11.6 Å². The van der Waals surface area contributed by atoms with Gasteiger partial charge in [-0.1, -0.05) is 54.4 Å². The Hall–Kier alpha value is -2.23. The molecule has 2 amide bonds. The number of benzene rings is 1. The summed E-state index contributed by atoms with van der Waals surface area (Å²) < 4.78 is 12.0. The number of halogens is 1. The summed E-state index contributed by atoms with van der Waals surface area (Å²) in [7, 11) is 0. The molecule has 0 radical (unpaired) electrons. The molecule has 38 heavy (non-hydrogen) atoms. The van der Waals surface area contributed by atoms with E-state index in [0.717, 1.165) is 16.8 Å². The van der Waals surface area contributed by atoms with Gasteiger partial charge in [-0.25, -0.2) is 0 Å². The molecule has 2 bridgehead atoms. The van der Waals surface area contributed by atoms with Crippen molar-refractivity contribution in [3.05, 3.63) is 42.0 Å². The number of alkyl halides is 1. The first-order valence-electron chi connectivity index (χ1n) is 13.5. The van der Waals surface area contributed by atoms with Crippen molar-refractivity contribution in [1.29, 1.82) is 0 Å². The second-order valence-electron chi connectivity index (χ2n) is 10.8. The van der Waals surface area contributed by atoms with Crippen LogP contribution < -0.4 is 4.90 Å². The standard InChI is InChI=1S/C29H39BrN2O6/c1-7-12-31(20-13-16(4)10-11-18(20)6)27(35)25-29-14-19(30)24(38-29)22(28(36)37-9-3)23(29)26(34)32(25)21(15-33)17(5)8-2/h7,10-11,13,17,19,21-25,33H,1,8-9,12,14-15H2,2-6H3/t17-,19?,21-,22-,23-,24-,25?,29?/m0/s1. The van der Waals surface area contributed by atoms with Gasteiger partial charge in [-0.2, -0.15) is 0 Å². The largest absolute Gasteiger partial charge is 0.466 e. The lowest BCUT2D eigenvalue weighted by Crippen LogP contribution is -2.60. The van der Waals surface area contributed by atoms with Gasteiger partial charge in [0.05, 0.1) is 37.2 Å². The van der Waals surface area contributed by atoms with E-state index in [9.17, 15) is 19.5 Å². The smallest absolute Gasteiger partial charge is 0.312 e. The number of rotatable bonds is 10. The predicted molar refractivity (Wildman–Crippen MR) is 148 cm³/mol. The Balaban J connectivity index is 1.89. The summed E-state index contributed by atoms with van der Waals surface area (Å²) >= 11 is 3.68. The van der Waals surface area contributed by atoms with Crippen LogP contribution in [0.25, 0.3) is 0 Å². The fourth-order valence-electron chi connectivity index (χ4n) is 6.62. The first kappa shape index (κ1) is 28.8. The molecule has 3 unspecified atom stereocenters. The summed E-state index contributed by atoms with van der Waals surface area (Å²) in [4.78, 5) is 45.1. The van der Waals surface area contributed by atoms with Crippen LogP contribution in [0.2, 0.25) is 0 Å². The number of nitrogens with zero attached hydrogens (tertiary/aromatic N) is 2. The molecule has 3 aliphatic rings. The Bertz CT molecular complexity index is 1110. The Morgan fingerprint density at radius 1 is 1.37 bits per heavy atom. The number of esters is 1. The molecule has 3 heterocycles. The van der Waals surface area contributed by atoms with Crippen LogP contribution in [0.1, 0.15) is 44.7 Å². The van der Waals surface area contributed by atoms with Crippen molar-refractivity contribution in [1.82, 2.24) is 4.90 Å². The van der Waals surface area contributed by atoms with E-state index >= 15 is 0 Å². The molecule has 9 heteroatoms. The predicted octanol–water partition coefficient (Wildman–Crippen LogP) is 3.54. The van der Waals surface area contributed by atoms with E-state index in [1.165, 1.54) is 4.90 Å². The van der Waals surface area contributed by atoms with Crippen molar-refractivity contribution in [3.8, 4) is 0 Å². The number of fused-ring (bicyclic) bond motifs is 1. The summed E-state index contributed by atoms with van der Waals surface area (Å²) in [6, 6.07) is 4.28. The molecule has 0 aliphatic carbocycles. The van der Waals surface area contributed by atoms with Crippen LogP contribution in [0.5, 0.6) is 0 Å². The van der Waals surface area contributed by atoms with Gasteiger partial charge >= 0.3 is 5.97 Å². The van der Waals surface area contributed by atoms with Gasteiger partial charge < -0.3 is 24.4 Å². The second kappa shape index (κ2) is 11.1. The summed E-state index contributed by atoms with van der Waals surface area (Å²) in [6.07, 6.45) is 2.18. The molecule has 1 aromatic carbocycles. The Labute approximate surface area is 233 Å². The van der Waals surface area contributed by atoms with E-state index < -0.39 is 41.6 Å². The molecule has 0 saturated carbocycles. The molecule has 8 nitrogen and oxygen atoms in total. The number of carbonyl (C=O) groups is 3. The van der Waals surface area contributed by atoms with E-state index in [0.29, 0.717) is 12.8 Å². The number of carbonyl (C=O) groups excluding carboxylic acids is 3. The second-order valence-corrected chi connectivity index (χ2v) is 12.0. The number of aliphatic hydroxyl groups is 1. The van der Waals surface area contributed by atoms with Gasteiger partial charge in [0.15, 0.2) is 0 Å². The van der Waals surface area contributed by atoms with Crippen molar-refractivity contribution in [2.24, 2.45) is 17.8 Å². The number of aliphatic hydroxyl groups excluding tert-OH is 1. The monoisotopic (exact) mass is 590 g/mol. The van der Waals surface area contributed by atoms with Crippen molar-refractivity contribution < 1.29 is 29.0 Å². The molecule has 1 N–H and O–H groups in total.